The number of rotatable bonds is 3. The van der Waals surface area contributed by atoms with E-state index in [0.717, 1.165) is 10.9 Å². The normalized spacial score (nSPS) is 16.1. The van der Waals surface area contributed by atoms with Crippen LogP contribution in [0.3, 0.4) is 0 Å². The molecule has 3 aromatic rings. The van der Waals surface area contributed by atoms with Gasteiger partial charge in [-0.3, -0.25) is 4.79 Å². The van der Waals surface area contributed by atoms with E-state index in [2.05, 4.69) is 0 Å². The fourth-order valence-corrected chi connectivity index (χ4v) is 5.95. The smallest absolute Gasteiger partial charge is 0.289 e. The molecular weight excluding hydrogens is 408 g/mol. The van der Waals surface area contributed by atoms with Crippen molar-refractivity contribution in [2.45, 2.75) is 11.1 Å². The van der Waals surface area contributed by atoms with Gasteiger partial charge in [-0.1, -0.05) is 17.7 Å². The molecule has 1 aliphatic rings. The summed E-state index contributed by atoms with van der Waals surface area (Å²) in [6.07, 6.45) is 0. The predicted molar refractivity (Wildman–Crippen MR) is 105 cm³/mol. The molecule has 1 amide bonds. The van der Waals surface area contributed by atoms with E-state index in [1.165, 1.54) is 15.6 Å². The van der Waals surface area contributed by atoms with Crippen molar-refractivity contribution in [1.29, 1.82) is 0 Å². The molecule has 1 aromatic carbocycles. The van der Waals surface area contributed by atoms with Gasteiger partial charge in [0.15, 0.2) is 5.76 Å². The topological polar surface area (TPSA) is 70.8 Å². The summed E-state index contributed by atoms with van der Waals surface area (Å²) >= 11 is 7.23. The molecule has 27 heavy (non-hydrogen) atoms. The predicted octanol–water partition coefficient (Wildman–Crippen LogP) is 3.60. The molecule has 1 saturated heterocycles. The maximum atomic E-state index is 12.9. The third-order valence-corrected chi connectivity index (χ3v) is 8.21. The molecule has 1 aliphatic heterocycles. The highest BCUT2D eigenvalue weighted by molar-refractivity contribution is 7.91. The number of hydrogen-bond donors (Lipinski definition) is 0. The first kappa shape index (κ1) is 18.5. The lowest BCUT2D eigenvalue weighted by Crippen LogP contribution is -2.50. The van der Waals surface area contributed by atoms with E-state index >= 15 is 0 Å². The van der Waals surface area contributed by atoms with Crippen LogP contribution in [0, 0.1) is 6.92 Å². The zero-order valence-corrected chi connectivity index (χ0v) is 16.9. The molecule has 6 nitrogen and oxygen atoms in total. The van der Waals surface area contributed by atoms with Crippen molar-refractivity contribution < 1.29 is 17.6 Å². The van der Waals surface area contributed by atoms with Crippen LogP contribution in [-0.4, -0.2) is 49.7 Å². The maximum Gasteiger partial charge on any atom is 0.289 e. The number of nitrogens with zero attached hydrogens (tertiary/aromatic N) is 2. The number of hydrogen-bond acceptors (Lipinski definition) is 5. The average Bonchev–Trinajstić information content (AvgIpc) is 3.31. The molecule has 0 unspecified atom stereocenters. The molecule has 2 aromatic heterocycles. The zero-order chi connectivity index (χ0) is 19.2. The first-order chi connectivity index (χ1) is 12.9. The van der Waals surface area contributed by atoms with Crippen LogP contribution in [0.15, 0.2) is 44.3 Å². The number of furan rings is 1. The SMILES string of the molecule is Cc1c(C(=O)N2CCN(S(=O)(=O)c3cccs3)CC2)oc2ccc(Cl)cc12. The number of halogens is 1. The summed E-state index contributed by atoms with van der Waals surface area (Å²) in [6.45, 7) is 2.99. The van der Waals surface area contributed by atoms with E-state index in [9.17, 15) is 13.2 Å². The standard InChI is InChI=1S/C18H17ClN2O4S2/c1-12-14-11-13(19)4-5-15(14)25-17(12)18(22)20-6-8-21(9-7-20)27(23,24)16-3-2-10-26-16/h2-5,10-11H,6-9H2,1H3. The number of fused-ring (bicyclic) bond motifs is 1. The van der Waals surface area contributed by atoms with E-state index in [4.69, 9.17) is 16.0 Å². The number of piperazine rings is 1. The van der Waals surface area contributed by atoms with Crippen molar-refractivity contribution in [3.63, 3.8) is 0 Å². The summed E-state index contributed by atoms with van der Waals surface area (Å²) in [4.78, 5) is 14.5. The third-order valence-electron chi connectivity index (χ3n) is 4.71. The number of aryl methyl sites for hydroxylation is 1. The Morgan fingerprint density at radius 3 is 2.59 bits per heavy atom. The van der Waals surface area contributed by atoms with E-state index < -0.39 is 10.0 Å². The monoisotopic (exact) mass is 424 g/mol. The minimum Gasteiger partial charge on any atom is -0.451 e. The van der Waals surface area contributed by atoms with Crippen LogP contribution in [-0.2, 0) is 10.0 Å². The largest absolute Gasteiger partial charge is 0.451 e. The second kappa shape index (κ2) is 6.94. The van der Waals surface area contributed by atoms with Gasteiger partial charge < -0.3 is 9.32 Å². The highest BCUT2D eigenvalue weighted by Gasteiger charge is 2.32. The summed E-state index contributed by atoms with van der Waals surface area (Å²) < 4.78 is 32.7. The Morgan fingerprint density at radius 2 is 1.93 bits per heavy atom. The molecule has 0 saturated carbocycles. The number of carbonyl (C=O) groups excluding carboxylic acids is 1. The van der Waals surface area contributed by atoms with Crippen molar-refractivity contribution in [3.05, 3.63) is 52.1 Å². The van der Waals surface area contributed by atoms with Gasteiger partial charge in [0.1, 0.15) is 9.79 Å². The Labute approximate surface area is 166 Å². The molecule has 0 atom stereocenters. The van der Waals surface area contributed by atoms with E-state index in [-0.39, 0.29) is 24.8 Å². The van der Waals surface area contributed by atoms with Crippen LogP contribution < -0.4 is 0 Å². The lowest BCUT2D eigenvalue weighted by atomic mass is 10.1. The van der Waals surface area contributed by atoms with Crippen LogP contribution in [0.5, 0.6) is 0 Å². The first-order valence-corrected chi connectivity index (χ1v) is 11.1. The number of sulfonamides is 1. The molecule has 0 aliphatic carbocycles. The van der Waals surface area contributed by atoms with Gasteiger partial charge in [0.25, 0.3) is 15.9 Å². The summed E-state index contributed by atoms with van der Waals surface area (Å²) in [5.41, 5.74) is 1.35. The van der Waals surface area contributed by atoms with Gasteiger partial charge in [-0.15, -0.1) is 11.3 Å². The van der Waals surface area contributed by atoms with Gasteiger partial charge in [-0.05, 0) is 36.6 Å². The van der Waals surface area contributed by atoms with Crippen LogP contribution in [0.1, 0.15) is 16.1 Å². The lowest BCUT2D eigenvalue weighted by Gasteiger charge is -2.33. The van der Waals surface area contributed by atoms with Crippen molar-refractivity contribution in [2.24, 2.45) is 0 Å². The Kier molecular flexibility index (Phi) is 4.75. The van der Waals surface area contributed by atoms with Crippen LogP contribution >= 0.6 is 22.9 Å². The van der Waals surface area contributed by atoms with Crippen molar-refractivity contribution in [2.75, 3.05) is 26.2 Å². The second-order valence-corrected chi connectivity index (χ2v) is 9.87. The number of carbonyl (C=O) groups is 1. The zero-order valence-electron chi connectivity index (χ0n) is 14.5. The molecule has 0 spiro atoms. The summed E-state index contributed by atoms with van der Waals surface area (Å²) in [5.74, 6) is 0.0508. The van der Waals surface area contributed by atoms with E-state index in [1.807, 2.05) is 6.92 Å². The van der Waals surface area contributed by atoms with Crippen molar-refractivity contribution in [1.82, 2.24) is 9.21 Å². The fourth-order valence-electron chi connectivity index (χ4n) is 3.21. The maximum absolute atomic E-state index is 12.9. The highest BCUT2D eigenvalue weighted by Crippen LogP contribution is 2.29. The van der Waals surface area contributed by atoms with Gasteiger partial charge >= 0.3 is 0 Å². The van der Waals surface area contributed by atoms with Crippen LogP contribution in [0.4, 0.5) is 0 Å². The number of thiophene rings is 1. The first-order valence-electron chi connectivity index (χ1n) is 8.39. The minimum atomic E-state index is -3.49. The molecule has 0 N–H and O–H groups in total. The van der Waals surface area contributed by atoms with Gasteiger partial charge in [0.05, 0.1) is 0 Å². The second-order valence-electron chi connectivity index (χ2n) is 6.33. The number of amides is 1. The molecule has 0 radical (unpaired) electrons. The summed E-state index contributed by atoms with van der Waals surface area (Å²) in [5, 5.41) is 3.13. The lowest BCUT2D eigenvalue weighted by molar-refractivity contribution is 0.0667. The molecule has 1 fully saturated rings. The van der Waals surface area contributed by atoms with Gasteiger partial charge in [-0.25, -0.2) is 8.42 Å². The Bertz CT molecular complexity index is 1100. The number of benzene rings is 1. The highest BCUT2D eigenvalue weighted by atomic mass is 35.5. The summed E-state index contributed by atoms with van der Waals surface area (Å²) in [6, 6.07) is 8.55. The van der Waals surface area contributed by atoms with Crippen LogP contribution in [0.25, 0.3) is 11.0 Å². The van der Waals surface area contributed by atoms with E-state index in [1.54, 1.807) is 40.6 Å². The Hall–Kier alpha value is -1.87. The summed E-state index contributed by atoms with van der Waals surface area (Å²) in [7, 11) is -3.49. The molecule has 0 bridgehead atoms. The Morgan fingerprint density at radius 1 is 1.19 bits per heavy atom. The quantitative estimate of drug-likeness (QED) is 0.644. The Balaban J connectivity index is 1.52. The van der Waals surface area contributed by atoms with Crippen molar-refractivity contribution >= 4 is 49.8 Å². The van der Waals surface area contributed by atoms with E-state index in [0.29, 0.717) is 27.9 Å². The van der Waals surface area contributed by atoms with Crippen LogP contribution in [0.2, 0.25) is 5.02 Å². The molecule has 3 heterocycles. The fraction of sp³-hybridized carbons (Fsp3) is 0.278. The van der Waals surface area contributed by atoms with Gasteiger partial charge in [0, 0.05) is 42.2 Å². The molecule has 4 rings (SSSR count). The molecule has 9 heteroatoms. The molecular formula is C18H17ClN2O4S2. The van der Waals surface area contributed by atoms with Crippen molar-refractivity contribution in [3.8, 4) is 0 Å². The van der Waals surface area contributed by atoms with Gasteiger partial charge in [0.2, 0.25) is 0 Å². The molecule has 142 valence electrons. The minimum absolute atomic E-state index is 0.229. The average molecular weight is 425 g/mol. The third kappa shape index (κ3) is 3.27. The van der Waals surface area contributed by atoms with Gasteiger partial charge in [-0.2, -0.15) is 4.31 Å².